The first kappa shape index (κ1) is 12.3. The second-order valence-corrected chi connectivity index (χ2v) is 5.01. The molecule has 4 heteroatoms. The number of aliphatic hydroxyl groups excluding tert-OH is 1. The Balaban J connectivity index is 1.73. The second kappa shape index (κ2) is 6.55. The number of hydrogen-bond donors (Lipinski definition) is 2. The van der Waals surface area contributed by atoms with Crippen LogP contribution < -0.4 is 5.32 Å². The molecule has 0 aliphatic carbocycles. The van der Waals surface area contributed by atoms with Gasteiger partial charge in [0.15, 0.2) is 0 Å². The molecule has 2 unspecified atom stereocenters. The lowest BCUT2D eigenvalue weighted by atomic mass is 10.1. The van der Waals surface area contributed by atoms with Gasteiger partial charge in [0, 0.05) is 32.3 Å². The molecule has 2 fully saturated rings. The molecule has 0 aromatic heterocycles. The first-order valence-electron chi connectivity index (χ1n) is 6.53. The summed E-state index contributed by atoms with van der Waals surface area (Å²) in [6, 6.07) is 0.633. The lowest BCUT2D eigenvalue weighted by molar-refractivity contribution is 0.145. The van der Waals surface area contributed by atoms with E-state index in [1.54, 1.807) is 0 Å². The fourth-order valence-corrected chi connectivity index (χ4v) is 2.72. The largest absolute Gasteiger partial charge is 0.395 e. The third-order valence-corrected chi connectivity index (χ3v) is 3.60. The Hall–Kier alpha value is -0.160. The normalized spacial score (nSPS) is 30.4. The summed E-state index contributed by atoms with van der Waals surface area (Å²) in [5.74, 6) is 0.674. The van der Waals surface area contributed by atoms with Crippen LogP contribution in [0.3, 0.4) is 0 Å². The van der Waals surface area contributed by atoms with Gasteiger partial charge >= 0.3 is 0 Å². The molecule has 16 heavy (non-hydrogen) atoms. The standard InChI is InChI=1S/C12H24N2O2/c15-6-5-14(8-11-3-7-16-10-11)9-12-2-1-4-13-12/h11-13,15H,1-10H2. The van der Waals surface area contributed by atoms with Crippen LogP contribution in [-0.4, -0.2) is 62.0 Å². The monoisotopic (exact) mass is 228 g/mol. The van der Waals surface area contributed by atoms with Crippen molar-refractivity contribution in [3.8, 4) is 0 Å². The minimum absolute atomic E-state index is 0.264. The van der Waals surface area contributed by atoms with E-state index in [9.17, 15) is 0 Å². The van der Waals surface area contributed by atoms with Gasteiger partial charge in [0.2, 0.25) is 0 Å². The molecule has 94 valence electrons. The van der Waals surface area contributed by atoms with Gasteiger partial charge in [-0.1, -0.05) is 0 Å². The highest BCUT2D eigenvalue weighted by Crippen LogP contribution is 2.15. The smallest absolute Gasteiger partial charge is 0.0558 e. The van der Waals surface area contributed by atoms with Gasteiger partial charge in [0.25, 0.3) is 0 Å². The molecule has 2 heterocycles. The molecule has 2 rings (SSSR count). The molecule has 0 aromatic rings. The van der Waals surface area contributed by atoms with Crippen molar-refractivity contribution in [1.82, 2.24) is 10.2 Å². The van der Waals surface area contributed by atoms with Crippen molar-refractivity contribution >= 4 is 0 Å². The fourth-order valence-electron chi connectivity index (χ4n) is 2.72. The van der Waals surface area contributed by atoms with Crippen LogP contribution in [0.5, 0.6) is 0 Å². The molecule has 2 aliphatic rings. The first-order chi connectivity index (χ1) is 7.88. The average molecular weight is 228 g/mol. The minimum atomic E-state index is 0.264. The predicted octanol–water partition coefficient (Wildman–Crippen LogP) is 0.0692. The van der Waals surface area contributed by atoms with Crippen LogP contribution in [0.25, 0.3) is 0 Å². The predicted molar refractivity (Wildman–Crippen MR) is 63.5 cm³/mol. The zero-order chi connectivity index (χ0) is 11.2. The molecular formula is C12H24N2O2. The summed E-state index contributed by atoms with van der Waals surface area (Å²) in [7, 11) is 0. The van der Waals surface area contributed by atoms with Crippen LogP contribution in [0.15, 0.2) is 0 Å². The van der Waals surface area contributed by atoms with E-state index in [1.165, 1.54) is 19.3 Å². The molecule has 2 N–H and O–H groups in total. The maximum Gasteiger partial charge on any atom is 0.0558 e. The summed E-state index contributed by atoms with van der Waals surface area (Å²) in [5, 5.41) is 12.6. The Morgan fingerprint density at radius 1 is 1.31 bits per heavy atom. The molecule has 2 saturated heterocycles. The van der Waals surface area contributed by atoms with Crippen molar-refractivity contribution in [1.29, 1.82) is 0 Å². The topological polar surface area (TPSA) is 44.7 Å². The number of aliphatic hydroxyl groups is 1. The zero-order valence-electron chi connectivity index (χ0n) is 10.0. The summed E-state index contributed by atoms with van der Waals surface area (Å²) in [4.78, 5) is 2.39. The highest BCUT2D eigenvalue weighted by atomic mass is 16.5. The summed E-state index contributed by atoms with van der Waals surface area (Å²) < 4.78 is 5.40. The third kappa shape index (κ3) is 3.70. The molecule has 0 aromatic carbocycles. The highest BCUT2D eigenvalue weighted by Gasteiger charge is 2.22. The number of ether oxygens (including phenoxy) is 1. The summed E-state index contributed by atoms with van der Waals surface area (Å²) in [6.07, 6.45) is 3.76. The van der Waals surface area contributed by atoms with Gasteiger partial charge in [0.05, 0.1) is 13.2 Å². The van der Waals surface area contributed by atoms with Crippen molar-refractivity contribution in [2.75, 3.05) is 46.0 Å². The third-order valence-electron chi connectivity index (χ3n) is 3.60. The Labute approximate surface area is 98.0 Å². The van der Waals surface area contributed by atoms with E-state index in [4.69, 9.17) is 9.84 Å². The lowest BCUT2D eigenvalue weighted by Gasteiger charge is -2.27. The summed E-state index contributed by atoms with van der Waals surface area (Å²) in [6.45, 7) is 6.20. The van der Waals surface area contributed by atoms with Crippen LogP contribution >= 0.6 is 0 Å². The number of rotatable bonds is 6. The molecular weight excluding hydrogens is 204 g/mol. The SMILES string of the molecule is OCCN(CC1CCOC1)CC1CCCN1. The zero-order valence-corrected chi connectivity index (χ0v) is 10.0. The van der Waals surface area contributed by atoms with Gasteiger partial charge in [-0.05, 0) is 31.7 Å². The van der Waals surface area contributed by atoms with Crippen molar-refractivity contribution in [2.45, 2.75) is 25.3 Å². The van der Waals surface area contributed by atoms with Crippen molar-refractivity contribution in [3.05, 3.63) is 0 Å². The van der Waals surface area contributed by atoms with E-state index < -0.39 is 0 Å². The average Bonchev–Trinajstić information content (AvgIpc) is 2.91. The lowest BCUT2D eigenvalue weighted by Crippen LogP contribution is -2.41. The molecule has 2 atom stereocenters. The van der Waals surface area contributed by atoms with Crippen LogP contribution in [-0.2, 0) is 4.74 Å². The minimum Gasteiger partial charge on any atom is -0.395 e. The van der Waals surface area contributed by atoms with Crippen LogP contribution in [0.4, 0.5) is 0 Å². The van der Waals surface area contributed by atoms with Gasteiger partial charge in [-0.3, -0.25) is 4.90 Å². The van der Waals surface area contributed by atoms with Gasteiger partial charge in [-0.2, -0.15) is 0 Å². The Morgan fingerprint density at radius 2 is 2.25 bits per heavy atom. The Bertz CT molecular complexity index is 171. The van der Waals surface area contributed by atoms with Gasteiger partial charge in [-0.25, -0.2) is 0 Å². The highest BCUT2D eigenvalue weighted by molar-refractivity contribution is 4.79. The van der Waals surface area contributed by atoms with Crippen LogP contribution in [0.2, 0.25) is 0 Å². The molecule has 0 radical (unpaired) electrons. The van der Waals surface area contributed by atoms with Gasteiger partial charge in [-0.15, -0.1) is 0 Å². The Kier molecular flexibility index (Phi) is 5.03. The van der Waals surface area contributed by atoms with Crippen LogP contribution in [0.1, 0.15) is 19.3 Å². The van der Waals surface area contributed by atoms with Crippen molar-refractivity contribution in [2.24, 2.45) is 5.92 Å². The quantitative estimate of drug-likeness (QED) is 0.675. The van der Waals surface area contributed by atoms with E-state index in [-0.39, 0.29) is 6.61 Å². The summed E-state index contributed by atoms with van der Waals surface area (Å²) in [5.41, 5.74) is 0. The van der Waals surface area contributed by atoms with Crippen LogP contribution in [0, 0.1) is 5.92 Å². The maximum absolute atomic E-state index is 9.09. The van der Waals surface area contributed by atoms with Crippen molar-refractivity contribution in [3.63, 3.8) is 0 Å². The van der Waals surface area contributed by atoms with Gasteiger partial charge < -0.3 is 15.2 Å². The van der Waals surface area contributed by atoms with E-state index >= 15 is 0 Å². The second-order valence-electron chi connectivity index (χ2n) is 5.01. The maximum atomic E-state index is 9.09. The summed E-state index contributed by atoms with van der Waals surface area (Å²) >= 11 is 0. The molecule has 2 aliphatic heterocycles. The number of nitrogens with zero attached hydrogens (tertiary/aromatic N) is 1. The molecule has 0 bridgehead atoms. The molecule has 0 amide bonds. The molecule has 0 spiro atoms. The Morgan fingerprint density at radius 3 is 2.88 bits per heavy atom. The molecule has 4 nitrogen and oxygen atoms in total. The number of hydrogen-bond acceptors (Lipinski definition) is 4. The van der Waals surface area contributed by atoms with E-state index in [0.29, 0.717) is 12.0 Å². The van der Waals surface area contributed by atoms with E-state index in [0.717, 1.165) is 39.4 Å². The number of nitrogens with one attached hydrogen (secondary N) is 1. The van der Waals surface area contributed by atoms with Crippen molar-refractivity contribution < 1.29 is 9.84 Å². The van der Waals surface area contributed by atoms with E-state index in [2.05, 4.69) is 10.2 Å². The van der Waals surface area contributed by atoms with Gasteiger partial charge in [0.1, 0.15) is 0 Å². The fraction of sp³-hybridized carbons (Fsp3) is 1.00. The van der Waals surface area contributed by atoms with E-state index in [1.807, 2.05) is 0 Å². The molecule has 0 saturated carbocycles. The first-order valence-corrected chi connectivity index (χ1v) is 6.53.